The number of methoxy groups -OCH3 is 1. The first kappa shape index (κ1) is 51.5. The van der Waals surface area contributed by atoms with Gasteiger partial charge >= 0.3 is 12.1 Å². The third-order valence-corrected chi connectivity index (χ3v) is 9.69. The minimum atomic E-state index is -0.716. The highest BCUT2D eigenvalue weighted by Crippen LogP contribution is 2.31. The largest absolute Gasteiger partial charge is 0.491 e. The van der Waals surface area contributed by atoms with Crippen LogP contribution in [-0.4, -0.2) is 121 Å². The van der Waals surface area contributed by atoms with E-state index in [2.05, 4.69) is 26.4 Å². The van der Waals surface area contributed by atoms with Crippen LogP contribution in [0.4, 0.5) is 10.6 Å². The van der Waals surface area contributed by atoms with Crippen LogP contribution in [0, 0.1) is 6.92 Å². The molecule has 65 heavy (non-hydrogen) atoms. The van der Waals surface area contributed by atoms with E-state index in [1.165, 1.54) is 12.0 Å². The van der Waals surface area contributed by atoms with Crippen LogP contribution in [0.3, 0.4) is 0 Å². The Morgan fingerprint density at radius 2 is 1.46 bits per heavy atom. The van der Waals surface area contributed by atoms with Crippen LogP contribution >= 0.6 is 0 Å². The molecule has 17 heteroatoms. The molecule has 0 aliphatic carbocycles. The molecule has 0 aliphatic rings. The number of fused-ring (bicyclic) bond motifs is 1. The summed E-state index contributed by atoms with van der Waals surface area (Å²) in [6.45, 7) is 11.3. The second-order valence-corrected chi connectivity index (χ2v) is 16.0. The molecule has 1 atom stereocenters. The number of ether oxygens (including phenoxy) is 7. The van der Waals surface area contributed by atoms with Gasteiger partial charge in [0.25, 0.3) is 0 Å². The first-order valence-corrected chi connectivity index (χ1v) is 21.7. The summed E-state index contributed by atoms with van der Waals surface area (Å²) in [5, 5.41) is 8.10. The van der Waals surface area contributed by atoms with E-state index in [-0.39, 0.29) is 44.0 Å². The summed E-state index contributed by atoms with van der Waals surface area (Å²) < 4.78 is 38.3. The Bertz CT molecular complexity index is 2190. The zero-order chi connectivity index (χ0) is 46.9. The first-order valence-electron chi connectivity index (χ1n) is 21.7. The van der Waals surface area contributed by atoms with Gasteiger partial charge in [-0.15, -0.1) is 0 Å². The number of esters is 1. The minimum absolute atomic E-state index is 0.0109. The molecule has 3 aromatic carbocycles. The number of nitrogens with zero attached hydrogens (tertiary/aromatic N) is 5. The van der Waals surface area contributed by atoms with Crippen molar-refractivity contribution in [3.63, 3.8) is 0 Å². The van der Waals surface area contributed by atoms with Crippen LogP contribution in [0.25, 0.3) is 32.3 Å². The third kappa shape index (κ3) is 19.7. The van der Waals surface area contributed by atoms with Gasteiger partial charge in [0, 0.05) is 43.0 Å². The summed E-state index contributed by atoms with van der Waals surface area (Å²) in [5.74, 6) is -0.358. The molecule has 4 rings (SSSR count). The number of aryl methyl sites for hydroxylation is 1. The van der Waals surface area contributed by atoms with Gasteiger partial charge in [-0.25, -0.2) is 9.78 Å². The van der Waals surface area contributed by atoms with Crippen LogP contribution in [-0.2, 0) is 42.8 Å². The summed E-state index contributed by atoms with van der Waals surface area (Å²) in [7, 11) is 1.31. The molecule has 1 heterocycles. The molecular formula is C48H62N6O11. The van der Waals surface area contributed by atoms with Crippen molar-refractivity contribution < 1.29 is 52.3 Å². The number of benzene rings is 3. The lowest BCUT2D eigenvalue weighted by Gasteiger charge is -2.27. The average Bonchev–Trinajstić information content (AvgIpc) is 3.28. The van der Waals surface area contributed by atoms with Gasteiger partial charge in [-0.2, -0.15) is 0 Å². The number of Topliss-reactive ketones (excluding diaryl/α,β-unsaturated/α-hetero) is 1. The average molecular weight is 899 g/mol. The molecule has 1 N–H and O–H groups in total. The lowest BCUT2D eigenvalue weighted by Crippen LogP contribution is -2.38. The number of ketones is 1. The second-order valence-electron chi connectivity index (χ2n) is 16.0. The molecule has 0 saturated carbocycles. The number of azide groups is 1. The van der Waals surface area contributed by atoms with Crippen molar-refractivity contribution in [1.29, 1.82) is 0 Å². The number of amides is 2. The second kappa shape index (κ2) is 27.9. The molecule has 0 saturated heterocycles. The Hall–Kier alpha value is -6.10. The zero-order valence-electron chi connectivity index (χ0n) is 38.1. The molecule has 0 bridgehead atoms. The van der Waals surface area contributed by atoms with Gasteiger partial charge < -0.3 is 38.5 Å². The molecular weight excluding hydrogens is 837 g/mol. The number of hydrogen-bond acceptors (Lipinski definition) is 13. The Kier molecular flexibility index (Phi) is 22.2. The van der Waals surface area contributed by atoms with E-state index in [1.54, 1.807) is 33.0 Å². The lowest BCUT2D eigenvalue weighted by atomic mass is 9.88. The molecule has 0 unspecified atom stereocenters. The van der Waals surface area contributed by atoms with Crippen molar-refractivity contribution in [2.24, 2.45) is 5.11 Å². The standard InChI is InChI=1S/C48H62N6O11/c1-35-15-16-50-44(28-35)54(47(58)65-48(2,3)4)18-7-10-45(56)51-34-42(55)31-41(33-46(57)59-5)37-9-6-8-36(29-37)38-11-12-40-32-43(14-13-39(40)30-38)64-27-26-63-25-24-62-23-22-61-21-20-60-19-17-52-53-49/h6,8-9,11-16,28-30,32,41H,7,10,17-27,31,33-34H2,1-5H3,(H,51,56)/t41-/m0/s1. The monoisotopic (exact) mass is 898 g/mol. The number of anilines is 1. The molecule has 0 radical (unpaired) electrons. The SMILES string of the molecule is COC(=O)C[C@H](CC(=O)CNC(=O)CCCN(C(=O)OC(C)(C)C)c1cc(C)ccn1)c1cccc(-c2ccc3cc(OCCOCCOCCOCCOCCN=[N+]=[N-])ccc3c2)c1. The van der Waals surface area contributed by atoms with E-state index in [4.69, 9.17) is 38.7 Å². The highest BCUT2D eigenvalue weighted by Gasteiger charge is 2.25. The number of carbonyl (C=O) groups is 4. The van der Waals surface area contributed by atoms with Gasteiger partial charge in [-0.3, -0.25) is 19.3 Å². The van der Waals surface area contributed by atoms with Gasteiger partial charge in [0.2, 0.25) is 5.91 Å². The molecule has 2 amide bonds. The number of aromatic nitrogens is 1. The molecule has 4 aromatic rings. The normalized spacial score (nSPS) is 11.6. The predicted molar refractivity (Wildman–Crippen MR) is 246 cm³/mol. The van der Waals surface area contributed by atoms with Crippen molar-refractivity contribution in [3.05, 3.63) is 101 Å². The summed E-state index contributed by atoms with van der Waals surface area (Å²) in [5.41, 5.74) is 11.1. The topological polar surface area (TPSA) is 210 Å². The van der Waals surface area contributed by atoms with Crippen LogP contribution in [0.1, 0.15) is 63.5 Å². The van der Waals surface area contributed by atoms with Gasteiger partial charge in [0.1, 0.15) is 23.8 Å². The fourth-order valence-electron chi connectivity index (χ4n) is 6.50. The van der Waals surface area contributed by atoms with Crippen molar-refractivity contribution in [3.8, 4) is 16.9 Å². The van der Waals surface area contributed by atoms with Crippen LogP contribution in [0.15, 0.2) is 84.1 Å². The lowest BCUT2D eigenvalue weighted by molar-refractivity contribution is -0.141. The minimum Gasteiger partial charge on any atom is -0.491 e. The summed E-state index contributed by atoms with van der Waals surface area (Å²) in [6, 6.07) is 23.3. The number of hydrogen-bond donors (Lipinski definition) is 1. The molecule has 0 spiro atoms. The van der Waals surface area contributed by atoms with E-state index in [0.717, 1.165) is 38.8 Å². The highest BCUT2D eigenvalue weighted by atomic mass is 16.6. The maximum absolute atomic E-state index is 13.3. The third-order valence-electron chi connectivity index (χ3n) is 9.69. The summed E-state index contributed by atoms with van der Waals surface area (Å²) in [4.78, 5) is 60.1. The Balaban J connectivity index is 1.23. The Labute approximate surface area is 380 Å². The van der Waals surface area contributed by atoms with Gasteiger partial charge in [0.05, 0.1) is 72.9 Å². The van der Waals surface area contributed by atoms with Crippen LogP contribution in [0.2, 0.25) is 0 Å². The number of carbonyl (C=O) groups excluding carboxylic acids is 4. The van der Waals surface area contributed by atoms with Crippen LogP contribution in [0.5, 0.6) is 5.75 Å². The van der Waals surface area contributed by atoms with E-state index in [9.17, 15) is 19.2 Å². The molecule has 17 nitrogen and oxygen atoms in total. The summed E-state index contributed by atoms with van der Waals surface area (Å²) in [6.07, 6.45) is 1.43. The Morgan fingerprint density at radius 1 is 0.800 bits per heavy atom. The molecule has 1 aromatic heterocycles. The van der Waals surface area contributed by atoms with Crippen molar-refractivity contribution in [2.45, 2.75) is 64.9 Å². The van der Waals surface area contributed by atoms with Gasteiger partial charge in [-0.1, -0.05) is 47.6 Å². The Morgan fingerprint density at radius 3 is 2.14 bits per heavy atom. The smallest absolute Gasteiger partial charge is 0.416 e. The van der Waals surface area contributed by atoms with Crippen LogP contribution < -0.4 is 15.0 Å². The van der Waals surface area contributed by atoms with E-state index in [1.807, 2.05) is 67.6 Å². The van der Waals surface area contributed by atoms with E-state index >= 15 is 0 Å². The van der Waals surface area contributed by atoms with Crippen molar-refractivity contribution in [2.75, 3.05) is 91.1 Å². The zero-order valence-corrected chi connectivity index (χ0v) is 38.1. The van der Waals surface area contributed by atoms with Crippen molar-refractivity contribution >= 4 is 40.3 Å². The fraction of sp³-hybridized carbons (Fsp3) is 0.479. The van der Waals surface area contributed by atoms with Gasteiger partial charge in [0.15, 0.2) is 5.78 Å². The predicted octanol–water partition coefficient (Wildman–Crippen LogP) is 7.91. The molecule has 350 valence electrons. The van der Waals surface area contributed by atoms with Gasteiger partial charge in [-0.05, 0) is 103 Å². The molecule has 0 fully saturated rings. The van der Waals surface area contributed by atoms with Crippen molar-refractivity contribution in [1.82, 2.24) is 10.3 Å². The maximum Gasteiger partial charge on any atom is 0.416 e. The quantitative estimate of drug-likeness (QED) is 0.0181. The number of pyridine rings is 1. The highest BCUT2D eigenvalue weighted by molar-refractivity contribution is 5.90. The maximum atomic E-state index is 13.3. The summed E-state index contributed by atoms with van der Waals surface area (Å²) >= 11 is 0. The molecule has 0 aliphatic heterocycles. The number of nitrogens with one attached hydrogen (secondary N) is 1. The van der Waals surface area contributed by atoms with E-state index < -0.39 is 23.6 Å². The fourth-order valence-corrected chi connectivity index (χ4v) is 6.50. The number of rotatable bonds is 29. The van der Waals surface area contributed by atoms with E-state index in [0.29, 0.717) is 78.2 Å². The first-order chi connectivity index (χ1) is 31.3.